The van der Waals surface area contributed by atoms with Crippen molar-refractivity contribution < 1.29 is 24.5 Å². The minimum Gasteiger partial charge on any atom is -0.504 e. The van der Waals surface area contributed by atoms with E-state index in [4.69, 9.17) is 14.7 Å². The van der Waals surface area contributed by atoms with Crippen LogP contribution < -0.4 is 14.9 Å². The number of rotatable bonds is 6. The summed E-state index contributed by atoms with van der Waals surface area (Å²) in [6.07, 6.45) is 1.27. The number of carbonyl (C=O) groups is 1. The van der Waals surface area contributed by atoms with E-state index in [1.165, 1.54) is 25.5 Å². The predicted molar refractivity (Wildman–Crippen MR) is 88.7 cm³/mol. The van der Waals surface area contributed by atoms with Crippen molar-refractivity contribution in [2.45, 2.75) is 0 Å². The molecule has 0 radical (unpaired) electrons. The maximum Gasteiger partial charge on any atom is 0.277 e. The Morgan fingerprint density at radius 2 is 2.08 bits per heavy atom. The van der Waals surface area contributed by atoms with Crippen molar-refractivity contribution in [1.82, 2.24) is 5.43 Å². The summed E-state index contributed by atoms with van der Waals surface area (Å²) in [5, 5.41) is 31.7. The number of nitrogens with one attached hydrogen (secondary N) is 1. The number of benzene rings is 2. The van der Waals surface area contributed by atoms with Crippen LogP contribution in [0, 0.1) is 11.3 Å². The Balaban J connectivity index is 1.93. The van der Waals surface area contributed by atoms with Crippen LogP contribution >= 0.6 is 0 Å². The van der Waals surface area contributed by atoms with Gasteiger partial charge in [-0.1, -0.05) is 12.1 Å². The molecule has 0 aromatic heterocycles. The number of phenols is 2. The monoisotopic (exact) mass is 341 g/mol. The van der Waals surface area contributed by atoms with Gasteiger partial charge in [-0.2, -0.15) is 10.4 Å². The third-order valence-electron chi connectivity index (χ3n) is 3.07. The molecule has 2 rings (SSSR count). The van der Waals surface area contributed by atoms with Crippen molar-refractivity contribution in [3.05, 3.63) is 47.5 Å². The van der Waals surface area contributed by atoms with Gasteiger partial charge in [0, 0.05) is 5.56 Å². The van der Waals surface area contributed by atoms with Crippen molar-refractivity contribution >= 4 is 12.1 Å². The van der Waals surface area contributed by atoms with Crippen LogP contribution in [0.2, 0.25) is 0 Å². The third-order valence-corrected chi connectivity index (χ3v) is 3.07. The molecular weight excluding hydrogens is 326 g/mol. The lowest BCUT2D eigenvalue weighted by Gasteiger charge is -2.07. The van der Waals surface area contributed by atoms with Gasteiger partial charge in [0.2, 0.25) is 5.75 Å². The van der Waals surface area contributed by atoms with Crippen molar-refractivity contribution in [2.24, 2.45) is 5.10 Å². The summed E-state index contributed by atoms with van der Waals surface area (Å²) in [7, 11) is 1.34. The lowest BCUT2D eigenvalue weighted by Crippen LogP contribution is -2.24. The number of hydrogen-bond donors (Lipinski definition) is 3. The summed E-state index contributed by atoms with van der Waals surface area (Å²) in [5.41, 5.74) is 2.98. The fourth-order valence-corrected chi connectivity index (χ4v) is 1.88. The highest BCUT2D eigenvalue weighted by atomic mass is 16.5. The maximum atomic E-state index is 11.7. The molecule has 0 unspecified atom stereocenters. The number of carbonyl (C=O) groups excluding carboxylic acids is 1. The van der Waals surface area contributed by atoms with Gasteiger partial charge in [0.15, 0.2) is 18.1 Å². The number of nitriles is 1. The first kappa shape index (κ1) is 17.6. The second-order valence-electron chi connectivity index (χ2n) is 4.78. The fourth-order valence-electron chi connectivity index (χ4n) is 1.88. The van der Waals surface area contributed by atoms with Crippen molar-refractivity contribution in [1.29, 1.82) is 5.26 Å². The zero-order valence-corrected chi connectivity index (χ0v) is 13.3. The average molecular weight is 341 g/mol. The van der Waals surface area contributed by atoms with Crippen molar-refractivity contribution in [2.75, 3.05) is 13.7 Å². The number of nitrogens with zero attached hydrogens (tertiary/aromatic N) is 2. The summed E-state index contributed by atoms with van der Waals surface area (Å²) in [5.74, 6) is -0.905. The van der Waals surface area contributed by atoms with E-state index in [2.05, 4.69) is 10.5 Å². The Morgan fingerprint density at radius 1 is 1.32 bits per heavy atom. The molecule has 0 aliphatic rings. The standard InChI is InChI=1S/C17H15N3O5/c1-24-15-7-11(6-13(21)17(15)23)9-19-20-16(22)10-25-14-5-3-2-4-12(14)8-18/h2-7,9,21,23H,10H2,1H3,(H,20,22)/b19-9+. The second kappa shape index (κ2) is 8.21. The van der Waals surface area contributed by atoms with Crippen LogP contribution in [-0.2, 0) is 4.79 Å². The average Bonchev–Trinajstić information content (AvgIpc) is 2.62. The highest BCUT2D eigenvalue weighted by Crippen LogP contribution is 2.35. The van der Waals surface area contributed by atoms with E-state index in [-0.39, 0.29) is 23.9 Å². The van der Waals surface area contributed by atoms with Gasteiger partial charge in [0.05, 0.1) is 18.9 Å². The minimum absolute atomic E-state index is 0.0734. The molecule has 0 saturated heterocycles. The van der Waals surface area contributed by atoms with Gasteiger partial charge in [0.1, 0.15) is 11.8 Å². The van der Waals surface area contributed by atoms with Crippen LogP contribution in [0.4, 0.5) is 0 Å². The largest absolute Gasteiger partial charge is 0.504 e. The Kier molecular flexibility index (Phi) is 5.79. The number of phenolic OH excluding ortho intramolecular Hbond substituents is 2. The van der Waals surface area contributed by atoms with E-state index in [0.717, 1.165) is 0 Å². The quantitative estimate of drug-likeness (QED) is 0.415. The van der Waals surface area contributed by atoms with Gasteiger partial charge >= 0.3 is 0 Å². The zero-order valence-electron chi connectivity index (χ0n) is 13.3. The molecule has 128 valence electrons. The number of methoxy groups -OCH3 is 1. The summed E-state index contributed by atoms with van der Waals surface area (Å²) in [4.78, 5) is 11.7. The van der Waals surface area contributed by atoms with E-state index in [0.29, 0.717) is 16.9 Å². The normalized spacial score (nSPS) is 10.2. The van der Waals surface area contributed by atoms with Crippen LogP contribution in [-0.4, -0.2) is 36.1 Å². The van der Waals surface area contributed by atoms with Gasteiger partial charge in [-0.05, 0) is 24.3 Å². The van der Waals surface area contributed by atoms with Gasteiger partial charge in [-0.3, -0.25) is 4.79 Å². The summed E-state index contributed by atoms with van der Waals surface area (Å²) < 4.78 is 10.2. The van der Waals surface area contributed by atoms with E-state index in [1.54, 1.807) is 24.3 Å². The minimum atomic E-state index is -0.529. The van der Waals surface area contributed by atoms with Gasteiger partial charge < -0.3 is 19.7 Å². The van der Waals surface area contributed by atoms with Crippen LogP contribution in [0.3, 0.4) is 0 Å². The second-order valence-corrected chi connectivity index (χ2v) is 4.78. The van der Waals surface area contributed by atoms with Gasteiger partial charge in [0.25, 0.3) is 5.91 Å². The van der Waals surface area contributed by atoms with Gasteiger partial charge in [-0.25, -0.2) is 5.43 Å². The maximum absolute atomic E-state index is 11.7. The topological polar surface area (TPSA) is 124 Å². The lowest BCUT2D eigenvalue weighted by molar-refractivity contribution is -0.123. The first-order valence-corrected chi connectivity index (χ1v) is 7.09. The molecule has 0 atom stereocenters. The molecule has 8 nitrogen and oxygen atoms in total. The molecule has 0 aliphatic heterocycles. The highest BCUT2D eigenvalue weighted by molar-refractivity contribution is 5.84. The molecule has 1 amide bonds. The Hall–Kier alpha value is -3.73. The molecule has 2 aromatic rings. The number of para-hydroxylation sites is 1. The van der Waals surface area contributed by atoms with E-state index >= 15 is 0 Å². The van der Waals surface area contributed by atoms with Crippen LogP contribution in [0.15, 0.2) is 41.5 Å². The molecule has 0 bridgehead atoms. The van der Waals surface area contributed by atoms with Gasteiger partial charge in [-0.15, -0.1) is 0 Å². The summed E-state index contributed by atoms with van der Waals surface area (Å²) in [6.45, 7) is -0.319. The number of ether oxygens (including phenoxy) is 2. The van der Waals surface area contributed by atoms with Crippen LogP contribution in [0.1, 0.15) is 11.1 Å². The molecule has 8 heteroatoms. The molecule has 0 heterocycles. The number of hydrazone groups is 1. The molecule has 0 aliphatic carbocycles. The molecule has 0 spiro atoms. The van der Waals surface area contributed by atoms with E-state index in [9.17, 15) is 15.0 Å². The zero-order chi connectivity index (χ0) is 18.2. The summed E-state index contributed by atoms with van der Waals surface area (Å²) >= 11 is 0. The number of amides is 1. The fraction of sp³-hybridized carbons (Fsp3) is 0.118. The molecule has 25 heavy (non-hydrogen) atoms. The first-order chi connectivity index (χ1) is 12.0. The Labute approximate surface area is 143 Å². The number of hydrogen-bond acceptors (Lipinski definition) is 7. The predicted octanol–water partition coefficient (Wildman–Crippen LogP) is 1.51. The molecular formula is C17H15N3O5. The SMILES string of the molecule is COc1cc(/C=N/NC(=O)COc2ccccc2C#N)cc(O)c1O. The molecule has 0 fully saturated rings. The lowest BCUT2D eigenvalue weighted by atomic mass is 10.2. The van der Waals surface area contributed by atoms with E-state index in [1.807, 2.05) is 6.07 Å². The van der Waals surface area contributed by atoms with Crippen LogP contribution in [0.25, 0.3) is 0 Å². The molecule has 0 saturated carbocycles. The first-order valence-electron chi connectivity index (χ1n) is 7.09. The molecule has 2 aromatic carbocycles. The Morgan fingerprint density at radius 3 is 2.80 bits per heavy atom. The third kappa shape index (κ3) is 4.62. The number of aromatic hydroxyl groups is 2. The van der Waals surface area contributed by atoms with Crippen molar-refractivity contribution in [3.8, 4) is 29.1 Å². The molecule has 3 N–H and O–H groups in total. The summed E-state index contributed by atoms with van der Waals surface area (Å²) in [6, 6.07) is 11.2. The van der Waals surface area contributed by atoms with Crippen LogP contribution in [0.5, 0.6) is 23.0 Å². The smallest absolute Gasteiger partial charge is 0.277 e. The van der Waals surface area contributed by atoms with Crippen molar-refractivity contribution in [3.63, 3.8) is 0 Å². The Bertz CT molecular complexity index is 843. The van der Waals surface area contributed by atoms with E-state index < -0.39 is 5.91 Å². The highest BCUT2D eigenvalue weighted by Gasteiger charge is 2.09.